The Bertz CT molecular complexity index is 517. The minimum Gasteiger partial charge on any atom is -0.339 e. The number of hydrogen-bond acceptors (Lipinski definition) is 6. The van der Waals surface area contributed by atoms with Crippen LogP contribution in [0.4, 0.5) is 0 Å². The molecule has 2 aromatic heterocycles. The van der Waals surface area contributed by atoms with E-state index in [-0.39, 0.29) is 6.04 Å². The fourth-order valence-electron chi connectivity index (χ4n) is 2.62. The van der Waals surface area contributed by atoms with Gasteiger partial charge in [-0.3, -0.25) is 4.68 Å². The molecular weight excluding hydrogens is 256 g/mol. The normalized spacial score (nSPS) is 17.6. The molecule has 1 N–H and O–H groups in total. The quantitative estimate of drug-likeness (QED) is 0.861. The van der Waals surface area contributed by atoms with Crippen LogP contribution in [-0.4, -0.2) is 30.9 Å². The summed E-state index contributed by atoms with van der Waals surface area (Å²) < 4.78 is 7.16. The van der Waals surface area contributed by atoms with Crippen LogP contribution in [0.25, 0.3) is 0 Å². The molecule has 1 aliphatic rings. The van der Waals surface area contributed by atoms with Crippen LogP contribution < -0.4 is 5.32 Å². The second kappa shape index (κ2) is 6.13. The molecule has 0 bridgehead atoms. The van der Waals surface area contributed by atoms with Gasteiger partial charge in [0, 0.05) is 12.0 Å². The molecule has 1 fully saturated rings. The molecule has 0 unspecified atom stereocenters. The van der Waals surface area contributed by atoms with Gasteiger partial charge >= 0.3 is 0 Å². The van der Waals surface area contributed by atoms with Crippen LogP contribution >= 0.6 is 0 Å². The van der Waals surface area contributed by atoms with Crippen molar-refractivity contribution in [3.8, 4) is 0 Å². The predicted molar refractivity (Wildman–Crippen MR) is 71.8 cm³/mol. The van der Waals surface area contributed by atoms with E-state index in [0.29, 0.717) is 12.5 Å². The monoisotopic (exact) mass is 276 g/mol. The topological polar surface area (TPSA) is 81.7 Å². The first kappa shape index (κ1) is 13.2. The Balaban J connectivity index is 1.48. The van der Waals surface area contributed by atoms with Crippen LogP contribution in [0.1, 0.15) is 50.2 Å². The second-order valence-electron chi connectivity index (χ2n) is 5.43. The molecule has 7 heteroatoms. The predicted octanol–water partition coefficient (Wildman–Crippen LogP) is 1.50. The zero-order valence-electron chi connectivity index (χ0n) is 11.7. The Morgan fingerprint density at radius 2 is 2.30 bits per heavy atom. The summed E-state index contributed by atoms with van der Waals surface area (Å²) in [7, 11) is 0. The van der Waals surface area contributed by atoms with Crippen molar-refractivity contribution in [2.24, 2.45) is 0 Å². The van der Waals surface area contributed by atoms with E-state index < -0.39 is 0 Å². The lowest BCUT2D eigenvalue weighted by Gasteiger charge is -2.11. The molecule has 2 heterocycles. The van der Waals surface area contributed by atoms with E-state index in [0.717, 1.165) is 18.3 Å². The van der Waals surface area contributed by atoms with Crippen LogP contribution in [0.15, 0.2) is 17.2 Å². The summed E-state index contributed by atoms with van der Waals surface area (Å²) in [5.41, 5.74) is 0. The highest BCUT2D eigenvalue weighted by atomic mass is 16.5. The van der Waals surface area contributed by atoms with Crippen LogP contribution in [0.3, 0.4) is 0 Å². The molecule has 1 aliphatic carbocycles. The van der Waals surface area contributed by atoms with Gasteiger partial charge in [-0.25, -0.2) is 4.98 Å². The average Bonchev–Trinajstić information content (AvgIpc) is 3.18. The molecule has 108 valence electrons. The van der Waals surface area contributed by atoms with E-state index in [1.807, 2.05) is 0 Å². The highest BCUT2D eigenvalue weighted by Crippen LogP contribution is 2.32. The third-order valence-corrected chi connectivity index (χ3v) is 3.72. The van der Waals surface area contributed by atoms with Crippen LogP contribution in [0.5, 0.6) is 0 Å². The summed E-state index contributed by atoms with van der Waals surface area (Å²) in [5.74, 6) is 2.02. The van der Waals surface area contributed by atoms with Crippen LogP contribution in [-0.2, 0) is 13.1 Å². The molecule has 0 aliphatic heterocycles. The molecule has 2 aromatic rings. The SMILES string of the molecule is C[C@H](Cn1cncn1)NCc1noc(C2CCCC2)n1. The van der Waals surface area contributed by atoms with E-state index in [1.54, 1.807) is 17.3 Å². The molecule has 20 heavy (non-hydrogen) atoms. The van der Waals surface area contributed by atoms with Gasteiger partial charge in [-0.15, -0.1) is 0 Å². The number of nitrogens with one attached hydrogen (secondary N) is 1. The summed E-state index contributed by atoms with van der Waals surface area (Å²) in [6.07, 6.45) is 8.16. The molecule has 7 nitrogen and oxygen atoms in total. The van der Waals surface area contributed by atoms with Gasteiger partial charge in [0.1, 0.15) is 12.7 Å². The average molecular weight is 276 g/mol. The van der Waals surface area contributed by atoms with E-state index in [2.05, 4.69) is 32.5 Å². The zero-order valence-corrected chi connectivity index (χ0v) is 11.7. The third-order valence-electron chi connectivity index (χ3n) is 3.72. The van der Waals surface area contributed by atoms with Crippen LogP contribution in [0.2, 0.25) is 0 Å². The van der Waals surface area contributed by atoms with Gasteiger partial charge in [0.25, 0.3) is 0 Å². The maximum atomic E-state index is 5.36. The van der Waals surface area contributed by atoms with Crippen LogP contribution in [0, 0.1) is 0 Å². The van der Waals surface area contributed by atoms with Gasteiger partial charge < -0.3 is 9.84 Å². The minimum absolute atomic E-state index is 0.269. The Labute approximate surface area is 117 Å². The van der Waals surface area contributed by atoms with Crippen molar-refractivity contribution < 1.29 is 4.52 Å². The Hall–Kier alpha value is -1.76. The lowest BCUT2D eigenvalue weighted by Crippen LogP contribution is -2.30. The fourth-order valence-corrected chi connectivity index (χ4v) is 2.62. The number of rotatable bonds is 6. The fraction of sp³-hybridized carbons (Fsp3) is 0.692. The first-order valence-electron chi connectivity index (χ1n) is 7.19. The van der Waals surface area contributed by atoms with Crippen molar-refractivity contribution in [1.82, 2.24) is 30.2 Å². The Morgan fingerprint density at radius 3 is 3.05 bits per heavy atom. The van der Waals surface area contributed by atoms with Crippen molar-refractivity contribution in [3.63, 3.8) is 0 Å². The lowest BCUT2D eigenvalue weighted by molar-refractivity contribution is 0.347. The Kier molecular flexibility index (Phi) is 4.05. The number of nitrogens with zero attached hydrogens (tertiary/aromatic N) is 5. The number of hydrogen-bond donors (Lipinski definition) is 1. The molecule has 1 atom stereocenters. The van der Waals surface area contributed by atoms with Crippen molar-refractivity contribution in [2.45, 2.75) is 57.7 Å². The summed E-state index contributed by atoms with van der Waals surface area (Å²) in [5, 5.41) is 11.5. The second-order valence-corrected chi connectivity index (χ2v) is 5.43. The van der Waals surface area contributed by atoms with Gasteiger partial charge in [0.05, 0.1) is 13.1 Å². The molecular formula is C13H20N6O. The van der Waals surface area contributed by atoms with Gasteiger partial charge in [0.2, 0.25) is 5.89 Å². The van der Waals surface area contributed by atoms with Crippen molar-refractivity contribution >= 4 is 0 Å². The van der Waals surface area contributed by atoms with Gasteiger partial charge in [-0.05, 0) is 19.8 Å². The van der Waals surface area contributed by atoms with E-state index in [9.17, 15) is 0 Å². The highest BCUT2D eigenvalue weighted by Gasteiger charge is 2.22. The largest absolute Gasteiger partial charge is 0.339 e. The van der Waals surface area contributed by atoms with Crippen molar-refractivity contribution in [2.75, 3.05) is 0 Å². The molecule has 0 saturated heterocycles. The summed E-state index contributed by atoms with van der Waals surface area (Å²) in [4.78, 5) is 8.41. The van der Waals surface area contributed by atoms with E-state index >= 15 is 0 Å². The summed E-state index contributed by atoms with van der Waals surface area (Å²) >= 11 is 0. The molecule has 0 amide bonds. The summed E-state index contributed by atoms with van der Waals surface area (Å²) in [6, 6.07) is 0.269. The highest BCUT2D eigenvalue weighted by molar-refractivity contribution is 4.96. The zero-order chi connectivity index (χ0) is 13.8. The molecule has 3 rings (SSSR count). The molecule has 0 spiro atoms. The maximum absolute atomic E-state index is 5.36. The molecule has 0 aromatic carbocycles. The van der Waals surface area contributed by atoms with Crippen molar-refractivity contribution in [3.05, 3.63) is 24.4 Å². The minimum atomic E-state index is 0.269. The van der Waals surface area contributed by atoms with Gasteiger partial charge in [-0.2, -0.15) is 10.1 Å². The van der Waals surface area contributed by atoms with Crippen molar-refractivity contribution in [1.29, 1.82) is 0 Å². The molecule has 1 saturated carbocycles. The molecule has 0 radical (unpaired) electrons. The Morgan fingerprint density at radius 1 is 1.45 bits per heavy atom. The van der Waals surface area contributed by atoms with E-state index in [4.69, 9.17) is 4.52 Å². The number of aromatic nitrogens is 5. The summed E-state index contributed by atoms with van der Waals surface area (Å²) in [6.45, 7) is 3.49. The first-order valence-corrected chi connectivity index (χ1v) is 7.19. The lowest BCUT2D eigenvalue weighted by atomic mass is 10.1. The smallest absolute Gasteiger partial charge is 0.229 e. The first-order chi connectivity index (χ1) is 9.81. The standard InChI is InChI=1S/C13H20N6O/c1-10(7-19-9-14-8-16-19)15-6-12-17-13(20-18-12)11-4-2-3-5-11/h8-11,15H,2-7H2,1H3/t10-/m1/s1. The van der Waals surface area contributed by atoms with E-state index in [1.165, 1.54) is 25.7 Å². The third kappa shape index (κ3) is 3.22. The van der Waals surface area contributed by atoms with Gasteiger partial charge in [0.15, 0.2) is 5.82 Å². The van der Waals surface area contributed by atoms with Gasteiger partial charge in [-0.1, -0.05) is 18.0 Å². The maximum Gasteiger partial charge on any atom is 0.229 e.